The van der Waals surface area contributed by atoms with Crippen molar-refractivity contribution in [1.29, 1.82) is 0 Å². The molecule has 1 heterocycles. The summed E-state index contributed by atoms with van der Waals surface area (Å²) in [6.07, 6.45) is 0.783. The molecule has 1 aliphatic rings. The number of carbonyl (C=O) groups excluding carboxylic acids is 1. The van der Waals surface area contributed by atoms with Crippen molar-refractivity contribution >= 4 is 15.9 Å². The van der Waals surface area contributed by atoms with Gasteiger partial charge in [0.2, 0.25) is 10.0 Å². The predicted molar refractivity (Wildman–Crippen MR) is 108 cm³/mol. The number of rotatable bonds is 7. The summed E-state index contributed by atoms with van der Waals surface area (Å²) in [4.78, 5) is 12.6. The van der Waals surface area contributed by atoms with Gasteiger partial charge in [0.1, 0.15) is 0 Å². The van der Waals surface area contributed by atoms with E-state index in [1.54, 1.807) is 24.3 Å². The third-order valence-corrected chi connectivity index (χ3v) is 6.69. The predicted octanol–water partition coefficient (Wildman–Crippen LogP) is 2.73. The van der Waals surface area contributed by atoms with Gasteiger partial charge in [0, 0.05) is 18.7 Å². The van der Waals surface area contributed by atoms with Crippen molar-refractivity contribution in [1.82, 2.24) is 9.62 Å². The second kappa shape index (κ2) is 9.32. The molecule has 0 radical (unpaired) electrons. The van der Waals surface area contributed by atoms with Gasteiger partial charge < -0.3 is 10.1 Å². The Morgan fingerprint density at radius 1 is 1.07 bits per heavy atom. The number of sulfonamides is 1. The van der Waals surface area contributed by atoms with Crippen LogP contribution in [0.4, 0.5) is 0 Å². The number of ether oxygens (including phenoxy) is 1. The minimum Gasteiger partial charge on any atom is -0.379 e. The summed E-state index contributed by atoms with van der Waals surface area (Å²) in [5.74, 6) is -0.241. The van der Waals surface area contributed by atoms with Crippen LogP contribution in [0.15, 0.2) is 54.6 Å². The zero-order valence-electron chi connectivity index (χ0n) is 16.0. The topological polar surface area (TPSA) is 75.7 Å². The zero-order valence-corrected chi connectivity index (χ0v) is 16.8. The van der Waals surface area contributed by atoms with Crippen LogP contribution in [-0.4, -0.2) is 44.9 Å². The van der Waals surface area contributed by atoms with Gasteiger partial charge in [-0.2, -0.15) is 4.31 Å². The highest BCUT2D eigenvalue weighted by Gasteiger charge is 2.24. The number of morpholine rings is 1. The first-order chi connectivity index (χ1) is 13.5. The fraction of sp³-hybridized carbons (Fsp3) is 0.381. The van der Waals surface area contributed by atoms with E-state index in [1.165, 1.54) is 4.31 Å². The Bertz CT molecular complexity index is 876. The second-order valence-corrected chi connectivity index (χ2v) is 8.78. The molecule has 0 aromatic heterocycles. The number of hydrogen-bond donors (Lipinski definition) is 1. The van der Waals surface area contributed by atoms with Crippen molar-refractivity contribution in [3.05, 3.63) is 71.3 Å². The van der Waals surface area contributed by atoms with Gasteiger partial charge in [-0.05, 0) is 29.7 Å². The van der Waals surface area contributed by atoms with E-state index >= 15 is 0 Å². The van der Waals surface area contributed by atoms with Crippen molar-refractivity contribution in [2.24, 2.45) is 0 Å². The Hall–Kier alpha value is -2.22. The lowest BCUT2D eigenvalue weighted by Crippen LogP contribution is -2.41. The Morgan fingerprint density at radius 3 is 2.32 bits per heavy atom. The minimum absolute atomic E-state index is 0.0601. The molecular weight excluding hydrogens is 376 g/mol. The molecule has 1 aliphatic heterocycles. The van der Waals surface area contributed by atoms with Gasteiger partial charge in [-0.15, -0.1) is 0 Å². The summed E-state index contributed by atoms with van der Waals surface area (Å²) in [6, 6.07) is 16.5. The summed E-state index contributed by atoms with van der Waals surface area (Å²) in [6.45, 7) is 3.66. The van der Waals surface area contributed by atoms with Crippen LogP contribution in [0, 0.1) is 0 Å². The molecule has 3 rings (SSSR count). The van der Waals surface area contributed by atoms with Gasteiger partial charge >= 0.3 is 0 Å². The molecule has 0 aliphatic carbocycles. The number of nitrogens with zero attached hydrogens (tertiary/aromatic N) is 1. The Kier molecular flexibility index (Phi) is 6.83. The minimum atomic E-state index is -3.38. The summed E-state index contributed by atoms with van der Waals surface area (Å²) >= 11 is 0. The highest BCUT2D eigenvalue weighted by molar-refractivity contribution is 7.88. The van der Waals surface area contributed by atoms with Crippen molar-refractivity contribution < 1.29 is 17.9 Å². The van der Waals surface area contributed by atoms with Crippen molar-refractivity contribution in [3.8, 4) is 0 Å². The molecular formula is C21H26N2O4S. The summed E-state index contributed by atoms with van der Waals surface area (Å²) in [5, 5.41) is 3.04. The Labute approximate surface area is 166 Å². The monoisotopic (exact) mass is 402 g/mol. The number of nitrogens with one attached hydrogen (secondary N) is 1. The Morgan fingerprint density at radius 2 is 1.71 bits per heavy atom. The number of amides is 1. The number of hydrogen-bond acceptors (Lipinski definition) is 4. The molecule has 0 unspecified atom stereocenters. The van der Waals surface area contributed by atoms with Crippen LogP contribution in [-0.2, 0) is 20.5 Å². The van der Waals surface area contributed by atoms with E-state index in [0.717, 1.165) is 12.0 Å². The fourth-order valence-electron chi connectivity index (χ4n) is 3.23. The number of benzene rings is 2. The van der Waals surface area contributed by atoms with Crippen LogP contribution in [0.25, 0.3) is 0 Å². The van der Waals surface area contributed by atoms with Gasteiger partial charge in [-0.3, -0.25) is 4.79 Å². The molecule has 7 heteroatoms. The lowest BCUT2D eigenvalue weighted by molar-refractivity contribution is 0.0729. The van der Waals surface area contributed by atoms with Crippen LogP contribution in [0.5, 0.6) is 0 Å². The van der Waals surface area contributed by atoms with Crippen LogP contribution in [0.1, 0.15) is 40.9 Å². The maximum Gasteiger partial charge on any atom is 0.251 e. The van der Waals surface area contributed by atoms with Crippen LogP contribution in [0.3, 0.4) is 0 Å². The summed E-state index contributed by atoms with van der Waals surface area (Å²) in [5.41, 5.74) is 2.24. The first kappa shape index (κ1) is 20.5. The summed E-state index contributed by atoms with van der Waals surface area (Å²) in [7, 11) is -3.38. The third kappa shape index (κ3) is 5.19. The standard InChI is InChI=1S/C21H26N2O4S/c1-2-20(18-6-4-3-5-7-18)22-21(24)19-10-8-17(9-11-19)16-28(25,26)23-12-14-27-15-13-23/h3-11,20H,2,12-16H2,1H3,(H,22,24)/t20-/m1/s1. The van der Waals surface area contributed by atoms with Gasteiger partial charge in [-0.25, -0.2) is 8.42 Å². The smallest absolute Gasteiger partial charge is 0.251 e. The lowest BCUT2D eigenvalue weighted by Gasteiger charge is -2.26. The molecule has 0 bridgehead atoms. The third-order valence-electron chi connectivity index (χ3n) is 4.84. The zero-order chi connectivity index (χ0) is 20.0. The average molecular weight is 403 g/mol. The molecule has 1 atom stereocenters. The average Bonchev–Trinajstić information content (AvgIpc) is 2.73. The molecule has 0 spiro atoms. The number of carbonyl (C=O) groups is 1. The maximum atomic E-state index is 12.6. The van der Waals surface area contributed by atoms with Crippen molar-refractivity contribution in [3.63, 3.8) is 0 Å². The molecule has 1 fully saturated rings. The van der Waals surface area contributed by atoms with Gasteiger partial charge in [0.25, 0.3) is 5.91 Å². The summed E-state index contributed by atoms with van der Waals surface area (Å²) < 4.78 is 31.7. The molecule has 28 heavy (non-hydrogen) atoms. The van der Waals surface area contributed by atoms with E-state index in [2.05, 4.69) is 5.32 Å². The first-order valence-corrected chi connectivity index (χ1v) is 11.1. The molecule has 0 saturated carbocycles. The second-order valence-electron chi connectivity index (χ2n) is 6.81. The highest BCUT2D eigenvalue weighted by atomic mass is 32.2. The van der Waals surface area contributed by atoms with E-state index in [1.807, 2.05) is 37.3 Å². The molecule has 1 N–H and O–H groups in total. The van der Waals surface area contributed by atoms with Crippen molar-refractivity contribution in [2.75, 3.05) is 26.3 Å². The Balaban J connectivity index is 1.64. The fourth-order valence-corrected chi connectivity index (χ4v) is 4.73. The van der Waals surface area contributed by atoms with Gasteiger partial charge in [0.05, 0.1) is 25.0 Å². The van der Waals surface area contributed by atoms with Crippen molar-refractivity contribution in [2.45, 2.75) is 25.1 Å². The molecule has 2 aromatic carbocycles. The molecule has 6 nitrogen and oxygen atoms in total. The normalized spacial score (nSPS) is 16.5. The molecule has 2 aromatic rings. The van der Waals surface area contributed by atoms with Crippen LogP contribution < -0.4 is 5.32 Å². The molecule has 1 amide bonds. The highest BCUT2D eigenvalue weighted by Crippen LogP contribution is 2.18. The maximum absolute atomic E-state index is 12.6. The molecule has 150 valence electrons. The van der Waals surface area contributed by atoms with Crippen LogP contribution >= 0.6 is 0 Å². The largest absolute Gasteiger partial charge is 0.379 e. The van der Waals surface area contributed by atoms with E-state index in [0.29, 0.717) is 37.4 Å². The van der Waals surface area contributed by atoms with E-state index in [-0.39, 0.29) is 17.7 Å². The van der Waals surface area contributed by atoms with Gasteiger partial charge in [0.15, 0.2) is 0 Å². The SMILES string of the molecule is CC[C@@H](NC(=O)c1ccc(CS(=O)(=O)N2CCOCC2)cc1)c1ccccc1. The van der Waals surface area contributed by atoms with Crippen LogP contribution in [0.2, 0.25) is 0 Å². The quantitative estimate of drug-likeness (QED) is 0.773. The van der Waals surface area contributed by atoms with E-state index in [9.17, 15) is 13.2 Å². The van der Waals surface area contributed by atoms with E-state index < -0.39 is 10.0 Å². The first-order valence-electron chi connectivity index (χ1n) is 9.50. The lowest BCUT2D eigenvalue weighted by atomic mass is 10.0. The van der Waals surface area contributed by atoms with Gasteiger partial charge in [-0.1, -0.05) is 49.4 Å². The molecule has 1 saturated heterocycles. The van der Waals surface area contributed by atoms with E-state index in [4.69, 9.17) is 4.74 Å².